The minimum atomic E-state index is -0.322. The molecule has 0 saturated heterocycles. The lowest BCUT2D eigenvalue weighted by Crippen LogP contribution is -2.12. The fourth-order valence-electron chi connectivity index (χ4n) is 2.38. The van der Waals surface area contributed by atoms with Crippen molar-refractivity contribution in [2.45, 2.75) is 13.8 Å². The molecular formula is C19H17FN4O2S. The number of rotatable bonds is 5. The van der Waals surface area contributed by atoms with Crippen LogP contribution in [-0.2, 0) is 4.79 Å². The predicted molar refractivity (Wildman–Crippen MR) is 105 cm³/mol. The van der Waals surface area contributed by atoms with Gasteiger partial charge in [-0.1, -0.05) is 17.4 Å². The number of carbonyl (C=O) groups excluding carboxylic acids is 2. The molecule has 0 radical (unpaired) electrons. The fourth-order valence-corrected chi connectivity index (χ4v) is 3.26. The quantitative estimate of drug-likeness (QED) is 0.603. The second-order valence-corrected chi connectivity index (χ2v) is 6.78. The molecule has 2 amide bonds. The predicted octanol–water partition coefficient (Wildman–Crippen LogP) is 4.54. The molecule has 0 fully saturated rings. The zero-order valence-corrected chi connectivity index (χ0v) is 15.5. The molecule has 0 saturated carbocycles. The van der Waals surface area contributed by atoms with E-state index < -0.39 is 0 Å². The van der Waals surface area contributed by atoms with Gasteiger partial charge in [0.15, 0.2) is 5.13 Å². The summed E-state index contributed by atoms with van der Waals surface area (Å²) in [5.74, 6) is -0.803. The second-order valence-electron chi connectivity index (χ2n) is 5.78. The first kappa shape index (κ1) is 18.5. The van der Waals surface area contributed by atoms with Gasteiger partial charge in [-0.3, -0.25) is 9.59 Å². The summed E-state index contributed by atoms with van der Waals surface area (Å²) >= 11 is 1.20. The minimum Gasteiger partial charge on any atom is -0.332 e. The second kappa shape index (κ2) is 7.96. The van der Waals surface area contributed by atoms with E-state index in [1.165, 1.54) is 30.4 Å². The van der Waals surface area contributed by atoms with E-state index in [9.17, 15) is 14.0 Å². The summed E-state index contributed by atoms with van der Waals surface area (Å²) in [6.07, 6.45) is 0. The Morgan fingerprint density at radius 1 is 1.00 bits per heavy atom. The molecule has 1 aromatic heterocycles. The van der Waals surface area contributed by atoms with Crippen LogP contribution in [0, 0.1) is 12.7 Å². The first-order valence-corrected chi connectivity index (χ1v) is 8.91. The Kier molecular flexibility index (Phi) is 5.46. The van der Waals surface area contributed by atoms with Gasteiger partial charge in [-0.05, 0) is 49.4 Å². The van der Waals surface area contributed by atoms with Gasteiger partial charge >= 0.3 is 0 Å². The summed E-state index contributed by atoms with van der Waals surface area (Å²) in [4.78, 5) is 28.5. The van der Waals surface area contributed by atoms with Crippen molar-refractivity contribution in [2.24, 2.45) is 0 Å². The van der Waals surface area contributed by atoms with E-state index in [1.807, 2.05) is 0 Å². The molecule has 0 unspecified atom stereocenters. The molecule has 27 heavy (non-hydrogen) atoms. The normalized spacial score (nSPS) is 10.3. The Balaban J connectivity index is 1.72. The highest BCUT2D eigenvalue weighted by atomic mass is 32.1. The first-order chi connectivity index (χ1) is 12.9. The number of hydrogen-bond acceptors (Lipinski definition) is 5. The molecular weight excluding hydrogens is 367 g/mol. The number of aryl methyl sites for hydroxylation is 1. The molecule has 3 aromatic rings. The van der Waals surface area contributed by atoms with Gasteiger partial charge in [-0.15, -0.1) is 0 Å². The van der Waals surface area contributed by atoms with Crippen molar-refractivity contribution >= 4 is 45.3 Å². The zero-order valence-electron chi connectivity index (χ0n) is 14.7. The third-order valence-corrected chi connectivity index (χ3v) is 4.61. The Morgan fingerprint density at radius 3 is 2.33 bits per heavy atom. The Hall–Kier alpha value is -3.26. The van der Waals surface area contributed by atoms with E-state index in [0.717, 1.165) is 0 Å². The number of benzene rings is 2. The van der Waals surface area contributed by atoms with E-state index >= 15 is 0 Å². The van der Waals surface area contributed by atoms with Crippen LogP contribution < -0.4 is 16.0 Å². The van der Waals surface area contributed by atoms with Crippen molar-refractivity contribution in [3.05, 3.63) is 64.9 Å². The van der Waals surface area contributed by atoms with Gasteiger partial charge in [0.05, 0.1) is 5.69 Å². The van der Waals surface area contributed by atoms with E-state index in [0.29, 0.717) is 32.8 Å². The monoisotopic (exact) mass is 384 g/mol. The number of amides is 2. The summed E-state index contributed by atoms with van der Waals surface area (Å²) < 4.78 is 13.0. The van der Waals surface area contributed by atoms with E-state index in [-0.39, 0.29) is 17.6 Å². The minimum absolute atomic E-state index is 0.187. The van der Waals surface area contributed by atoms with Crippen molar-refractivity contribution in [1.29, 1.82) is 0 Å². The number of carbonyl (C=O) groups is 2. The largest absolute Gasteiger partial charge is 0.332 e. The number of nitrogens with zero attached hydrogens (tertiary/aromatic N) is 1. The van der Waals surface area contributed by atoms with Crippen molar-refractivity contribution in [2.75, 3.05) is 16.0 Å². The molecule has 2 aromatic carbocycles. The van der Waals surface area contributed by atoms with Crippen LogP contribution in [-0.4, -0.2) is 16.8 Å². The molecule has 1 heterocycles. The molecule has 6 nitrogen and oxygen atoms in total. The van der Waals surface area contributed by atoms with Crippen LogP contribution in [0.5, 0.6) is 0 Å². The third-order valence-electron chi connectivity index (χ3n) is 3.54. The molecule has 0 bridgehead atoms. The van der Waals surface area contributed by atoms with Crippen molar-refractivity contribution in [1.82, 2.24) is 4.98 Å². The fraction of sp³-hybridized carbons (Fsp3) is 0.105. The number of nitrogens with one attached hydrogen (secondary N) is 3. The van der Waals surface area contributed by atoms with Crippen LogP contribution in [0.2, 0.25) is 0 Å². The molecule has 0 aliphatic carbocycles. The maximum atomic E-state index is 13.0. The SMILES string of the molecule is CC(=O)Nc1cccc(NC(=O)c2sc(Nc3ccc(F)cc3)nc2C)c1. The molecule has 0 atom stereocenters. The van der Waals surface area contributed by atoms with Crippen molar-refractivity contribution in [3.8, 4) is 0 Å². The third kappa shape index (κ3) is 4.89. The highest BCUT2D eigenvalue weighted by molar-refractivity contribution is 7.17. The number of aromatic nitrogens is 1. The number of halogens is 1. The van der Waals surface area contributed by atoms with Gasteiger partial charge in [0.1, 0.15) is 10.7 Å². The highest BCUT2D eigenvalue weighted by Crippen LogP contribution is 2.27. The molecule has 0 spiro atoms. The topological polar surface area (TPSA) is 83.1 Å². The smallest absolute Gasteiger partial charge is 0.267 e. The van der Waals surface area contributed by atoms with Crippen LogP contribution in [0.25, 0.3) is 0 Å². The molecule has 3 rings (SSSR count). The van der Waals surface area contributed by atoms with Gasteiger partial charge < -0.3 is 16.0 Å². The van der Waals surface area contributed by atoms with Gasteiger partial charge in [-0.25, -0.2) is 9.37 Å². The lowest BCUT2D eigenvalue weighted by molar-refractivity contribution is -0.114. The van der Waals surface area contributed by atoms with Gasteiger partial charge in [0.25, 0.3) is 5.91 Å². The zero-order chi connectivity index (χ0) is 19.4. The average Bonchev–Trinajstić information content (AvgIpc) is 2.97. The standard InChI is InChI=1S/C19H17FN4O2S/c1-11-17(27-19(21-11)24-14-8-6-13(20)7-9-14)18(26)23-16-5-3-4-15(10-16)22-12(2)25/h3-10H,1-2H3,(H,21,24)(H,22,25)(H,23,26). The van der Waals surface area contributed by atoms with Gasteiger partial charge in [0.2, 0.25) is 5.91 Å². The Labute approximate surface area is 159 Å². The summed E-state index contributed by atoms with van der Waals surface area (Å²) in [6, 6.07) is 12.8. The van der Waals surface area contributed by atoms with Crippen molar-refractivity contribution in [3.63, 3.8) is 0 Å². The van der Waals surface area contributed by atoms with Crippen LogP contribution in [0.4, 0.5) is 26.6 Å². The van der Waals surface area contributed by atoms with Gasteiger partial charge in [-0.2, -0.15) is 0 Å². The molecule has 3 N–H and O–H groups in total. The Bertz CT molecular complexity index is 986. The average molecular weight is 384 g/mol. The molecule has 0 aliphatic rings. The van der Waals surface area contributed by atoms with Crippen LogP contribution in [0.1, 0.15) is 22.3 Å². The lowest BCUT2D eigenvalue weighted by atomic mass is 10.2. The lowest BCUT2D eigenvalue weighted by Gasteiger charge is -2.07. The van der Waals surface area contributed by atoms with Crippen LogP contribution >= 0.6 is 11.3 Å². The molecule has 138 valence electrons. The summed E-state index contributed by atoms with van der Waals surface area (Å²) in [6.45, 7) is 3.16. The number of thiazole rings is 1. The summed E-state index contributed by atoms with van der Waals surface area (Å²) in [5.41, 5.74) is 2.42. The van der Waals surface area contributed by atoms with Crippen LogP contribution in [0.15, 0.2) is 48.5 Å². The first-order valence-electron chi connectivity index (χ1n) is 8.10. The van der Waals surface area contributed by atoms with E-state index in [1.54, 1.807) is 43.3 Å². The maximum absolute atomic E-state index is 13.0. The number of hydrogen-bond donors (Lipinski definition) is 3. The number of anilines is 4. The van der Waals surface area contributed by atoms with Crippen molar-refractivity contribution < 1.29 is 14.0 Å². The summed E-state index contributed by atoms with van der Waals surface area (Å²) in [5, 5.41) is 9.06. The summed E-state index contributed by atoms with van der Waals surface area (Å²) in [7, 11) is 0. The Morgan fingerprint density at radius 2 is 1.67 bits per heavy atom. The van der Waals surface area contributed by atoms with E-state index in [4.69, 9.17) is 0 Å². The highest BCUT2D eigenvalue weighted by Gasteiger charge is 2.16. The maximum Gasteiger partial charge on any atom is 0.267 e. The van der Waals surface area contributed by atoms with E-state index in [2.05, 4.69) is 20.9 Å². The van der Waals surface area contributed by atoms with Crippen LogP contribution in [0.3, 0.4) is 0 Å². The molecule has 0 aliphatic heterocycles. The molecule has 8 heteroatoms. The van der Waals surface area contributed by atoms with Gasteiger partial charge in [0, 0.05) is 24.0 Å².